The van der Waals surface area contributed by atoms with Gasteiger partial charge in [0.05, 0.1) is 6.10 Å². The zero-order chi connectivity index (χ0) is 6.97. The molecular weight excluding hydrogens is 130 g/mol. The second-order valence-electron chi connectivity index (χ2n) is 3.07. The van der Waals surface area contributed by atoms with Crippen molar-refractivity contribution in [3.63, 3.8) is 0 Å². The molecule has 0 bridgehead atoms. The molecule has 0 aromatic heterocycles. The van der Waals surface area contributed by atoms with E-state index in [0.29, 0.717) is 6.04 Å². The maximum Gasteiger partial charge on any atom is 0.157 e. The lowest BCUT2D eigenvalue weighted by Crippen LogP contribution is -2.48. The van der Waals surface area contributed by atoms with E-state index in [1.165, 1.54) is 12.8 Å². The van der Waals surface area contributed by atoms with Crippen LogP contribution in [-0.2, 0) is 4.74 Å². The van der Waals surface area contributed by atoms with Crippen LogP contribution in [0.25, 0.3) is 0 Å². The van der Waals surface area contributed by atoms with E-state index in [4.69, 9.17) is 9.84 Å². The van der Waals surface area contributed by atoms with Crippen molar-refractivity contribution in [2.75, 3.05) is 6.54 Å². The molecule has 0 amide bonds. The van der Waals surface area contributed by atoms with Crippen LogP contribution in [0.3, 0.4) is 0 Å². The molecule has 2 heterocycles. The molecule has 10 heavy (non-hydrogen) atoms. The Morgan fingerprint density at radius 2 is 2.30 bits per heavy atom. The van der Waals surface area contributed by atoms with E-state index in [0.717, 1.165) is 13.0 Å². The van der Waals surface area contributed by atoms with Crippen molar-refractivity contribution in [1.82, 2.24) is 5.32 Å². The van der Waals surface area contributed by atoms with Crippen LogP contribution in [-0.4, -0.2) is 30.1 Å². The van der Waals surface area contributed by atoms with Gasteiger partial charge in [-0.3, -0.25) is 0 Å². The first-order valence-corrected chi connectivity index (χ1v) is 3.93. The molecule has 0 aromatic carbocycles. The number of hydrogen-bond donors (Lipinski definition) is 2. The van der Waals surface area contributed by atoms with Crippen LogP contribution in [0.15, 0.2) is 0 Å². The third kappa shape index (κ3) is 1.05. The minimum atomic E-state index is -0.479. The van der Waals surface area contributed by atoms with Gasteiger partial charge in [-0.1, -0.05) is 0 Å². The third-order valence-electron chi connectivity index (χ3n) is 2.31. The molecule has 3 atom stereocenters. The first kappa shape index (κ1) is 6.58. The Morgan fingerprint density at radius 1 is 1.50 bits per heavy atom. The van der Waals surface area contributed by atoms with Gasteiger partial charge in [-0.15, -0.1) is 0 Å². The Morgan fingerprint density at radius 3 is 2.80 bits per heavy atom. The normalized spacial score (nSPS) is 47.1. The molecule has 0 aliphatic carbocycles. The predicted molar refractivity (Wildman–Crippen MR) is 36.5 cm³/mol. The Hall–Kier alpha value is -0.120. The van der Waals surface area contributed by atoms with Gasteiger partial charge in [0, 0.05) is 12.5 Å². The molecular formula is C7H13NO2. The summed E-state index contributed by atoms with van der Waals surface area (Å²) in [6, 6.07) is 0.517. The van der Waals surface area contributed by atoms with E-state index >= 15 is 0 Å². The third-order valence-corrected chi connectivity index (χ3v) is 2.31. The van der Waals surface area contributed by atoms with E-state index in [-0.39, 0.29) is 6.10 Å². The molecule has 2 saturated heterocycles. The van der Waals surface area contributed by atoms with Gasteiger partial charge in [0.2, 0.25) is 0 Å². The smallest absolute Gasteiger partial charge is 0.157 e. The monoisotopic (exact) mass is 143 g/mol. The molecule has 3 heteroatoms. The summed E-state index contributed by atoms with van der Waals surface area (Å²) in [4.78, 5) is 0. The summed E-state index contributed by atoms with van der Waals surface area (Å²) >= 11 is 0. The van der Waals surface area contributed by atoms with E-state index in [2.05, 4.69) is 5.32 Å². The lowest BCUT2D eigenvalue weighted by Gasteiger charge is -2.36. The first-order valence-electron chi connectivity index (χ1n) is 3.93. The molecule has 2 aliphatic rings. The van der Waals surface area contributed by atoms with Crippen molar-refractivity contribution in [2.45, 2.75) is 37.7 Å². The van der Waals surface area contributed by atoms with Gasteiger partial charge in [0.15, 0.2) is 6.29 Å². The molecule has 2 N–H and O–H groups in total. The lowest BCUT2D eigenvalue weighted by atomic mass is 10.0. The fourth-order valence-electron chi connectivity index (χ4n) is 1.68. The van der Waals surface area contributed by atoms with Crippen molar-refractivity contribution in [2.24, 2.45) is 0 Å². The van der Waals surface area contributed by atoms with Crippen LogP contribution in [0.1, 0.15) is 19.3 Å². The second-order valence-corrected chi connectivity index (χ2v) is 3.07. The average Bonchev–Trinajstić information content (AvgIpc) is 2.31. The summed E-state index contributed by atoms with van der Waals surface area (Å²) in [7, 11) is 0. The topological polar surface area (TPSA) is 41.5 Å². The Kier molecular flexibility index (Phi) is 1.64. The fraction of sp³-hybridized carbons (Fsp3) is 1.00. The quantitative estimate of drug-likeness (QED) is 0.536. The van der Waals surface area contributed by atoms with E-state index < -0.39 is 6.29 Å². The maximum atomic E-state index is 8.83. The molecule has 2 aliphatic heterocycles. The van der Waals surface area contributed by atoms with Crippen molar-refractivity contribution in [3.05, 3.63) is 0 Å². The molecule has 0 aromatic rings. The van der Waals surface area contributed by atoms with Gasteiger partial charge in [-0.05, 0) is 19.4 Å². The summed E-state index contributed by atoms with van der Waals surface area (Å²) in [6.45, 7) is 1.11. The maximum absolute atomic E-state index is 8.83. The zero-order valence-electron chi connectivity index (χ0n) is 5.92. The number of aliphatic hydroxyl groups excluding tert-OH is 1. The summed E-state index contributed by atoms with van der Waals surface area (Å²) in [5.41, 5.74) is 0. The van der Waals surface area contributed by atoms with E-state index in [9.17, 15) is 0 Å². The van der Waals surface area contributed by atoms with Gasteiger partial charge in [0.25, 0.3) is 0 Å². The van der Waals surface area contributed by atoms with E-state index in [1.807, 2.05) is 0 Å². The van der Waals surface area contributed by atoms with Gasteiger partial charge < -0.3 is 15.2 Å². The van der Waals surface area contributed by atoms with Gasteiger partial charge >= 0.3 is 0 Å². The van der Waals surface area contributed by atoms with Crippen molar-refractivity contribution < 1.29 is 9.84 Å². The average molecular weight is 143 g/mol. The highest BCUT2D eigenvalue weighted by Crippen LogP contribution is 2.25. The minimum absolute atomic E-state index is 0.289. The molecule has 2 fully saturated rings. The number of ether oxygens (including phenoxy) is 1. The lowest BCUT2D eigenvalue weighted by molar-refractivity contribution is -0.238. The SMILES string of the molecule is OC1CC(C2CCCN2)O1. The van der Waals surface area contributed by atoms with Crippen LogP contribution >= 0.6 is 0 Å². The van der Waals surface area contributed by atoms with Crippen LogP contribution < -0.4 is 5.32 Å². The highest BCUT2D eigenvalue weighted by Gasteiger charge is 2.35. The zero-order valence-corrected chi connectivity index (χ0v) is 5.92. The fourth-order valence-corrected chi connectivity index (χ4v) is 1.68. The number of rotatable bonds is 1. The Balaban J connectivity index is 1.78. The summed E-state index contributed by atoms with van der Waals surface area (Å²) < 4.78 is 5.12. The van der Waals surface area contributed by atoms with Crippen LogP contribution in [0.4, 0.5) is 0 Å². The van der Waals surface area contributed by atoms with Crippen molar-refractivity contribution in [1.29, 1.82) is 0 Å². The standard InChI is InChI=1S/C7H13NO2/c9-7-4-6(10-7)5-2-1-3-8-5/h5-9H,1-4H2. The van der Waals surface area contributed by atoms with Crippen LogP contribution in [0.5, 0.6) is 0 Å². The number of hydrogen-bond acceptors (Lipinski definition) is 3. The summed E-state index contributed by atoms with van der Waals surface area (Å²) in [5, 5.41) is 12.2. The molecule has 3 nitrogen and oxygen atoms in total. The van der Waals surface area contributed by atoms with Crippen LogP contribution in [0.2, 0.25) is 0 Å². The highest BCUT2D eigenvalue weighted by molar-refractivity contribution is 4.87. The molecule has 2 rings (SSSR count). The highest BCUT2D eigenvalue weighted by atomic mass is 16.6. The largest absolute Gasteiger partial charge is 0.368 e. The van der Waals surface area contributed by atoms with Crippen molar-refractivity contribution >= 4 is 0 Å². The Labute approximate surface area is 60.4 Å². The summed E-state index contributed by atoms with van der Waals surface area (Å²) in [5.74, 6) is 0. The Bertz CT molecular complexity index is 117. The molecule has 0 spiro atoms. The minimum Gasteiger partial charge on any atom is -0.368 e. The van der Waals surface area contributed by atoms with Crippen LogP contribution in [0, 0.1) is 0 Å². The summed E-state index contributed by atoms with van der Waals surface area (Å²) in [6.07, 6.45) is 3.08. The van der Waals surface area contributed by atoms with Gasteiger partial charge in [0.1, 0.15) is 0 Å². The molecule has 3 unspecified atom stereocenters. The number of aliphatic hydroxyl groups is 1. The van der Waals surface area contributed by atoms with Gasteiger partial charge in [-0.2, -0.15) is 0 Å². The van der Waals surface area contributed by atoms with E-state index in [1.54, 1.807) is 0 Å². The second kappa shape index (κ2) is 2.49. The first-order chi connectivity index (χ1) is 4.86. The van der Waals surface area contributed by atoms with Crippen molar-refractivity contribution in [3.8, 4) is 0 Å². The molecule has 58 valence electrons. The van der Waals surface area contributed by atoms with Gasteiger partial charge in [-0.25, -0.2) is 0 Å². The molecule has 0 radical (unpaired) electrons. The molecule has 0 saturated carbocycles. The predicted octanol–water partition coefficient (Wildman–Crippen LogP) is -0.154. The number of nitrogens with one attached hydrogen (secondary N) is 1.